The quantitative estimate of drug-likeness (QED) is 0.264. The molecule has 1 saturated heterocycles. The molecule has 4 rings (SSSR count). The van der Waals surface area contributed by atoms with Crippen molar-refractivity contribution in [2.45, 2.75) is 18.4 Å². The van der Waals surface area contributed by atoms with E-state index >= 15 is 0 Å². The molecule has 0 amide bonds. The molecule has 0 atom stereocenters. The molecule has 1 spiro atoms. The summed E-state index contributed by atoms with van der Waals surface area (Å²) in [7, 11) is 0. The van der Waals surface area contributed by atoms with E-state index in [2.05, 4.69) is 5.32 Å². The Morgan fingerprint density at radius 1 is 1.10 bits per heavy atom. The van der Waals surface area contributed by atoms with E-state index in [1.165, 1.54) is 6.07 Å². The van der Waals surface area contributed by atoms with Crippen LogP contribution in [0.5, 0.6) is 0 Å². The van der Waals surface area contributed by atoms with Crippen LogP contribution in [0.1, 0.15) is 27.0 Å². The zero-order valence-electron chi connectivity index (χ0n) is 15.1. The van der Waals surface area contributed by atoms with E-state index in [4.69, 9.17) is 27.9 Å². The summed E-state index contributed by atoms with van der Waals surface area (Å²) in [6.45, 7) is 1.59. The lowest BCUT2D eigenvalue weighted by molar-refractivity contribution is -0.0746. The van der Waals surface area contributed by atoms with Gasteiger partial charge >= 0.3 is 6.18 Å². The van der Waals surface area contributed by atoms with E-state index in [1.807, 2.05) is 0 Å². The molecule has 2 aliphatic rings. The van der Waals surface area contributed by atoms with Crippen molar-refractivity contribution < 1.29 is 27.1 Å². The molecule has 2 aliphatic heterocycles. The first-order valence-electron chi connectivity index (χ1n) is 8.57. The normalized spacial score (nSPS) is 17.3. The topological polar surface area (TPSA) is 38.3 Å². The van der Waals surface area contributed by atoms with Gasteiger partial charge in [0.2, 0.25) is 0 Å². The summed E-state index contributed by atoms with van der Waals surface area (Å²) in [6, 6.07) is 6.31. The van der Waals surface area contributed by atoms with Crippen molar-refractivity contribution in [2.75, 3.05) is 13.1 Å². The van der Waals surface area contributed by atoms with Crippen molar-refractivity contribution in [2.24, 2.45) is 0 Å². The van der Waals surface area contributed by atoms with Crippen LogP contribution < -0.4 is 5.32 Å². The number of allylic oxidation sites excluding steroid dienone is 2. The molecule has 0 bridgehead atoms. The monoisotopic (exact) mass is 481 g/mol. The SMILES string of the molecule is Cl.O=C(/C=C(\c1cc(Cl)c(F)c(Cl)c1)C(F)(F)F)c1ccc2c(c1)COC21CNC1. The Kier molecular flexibility index (Phi) is 6.24. The minimum absolute atomic E-state index is 0. The first-order valence-corrected chi connectivity index (χ1v) is 9.32. The Bertz CT molecular complexity index is 1030. The molecule has 30 heavy (non-hydrogen) atoms. The molecule has 0 aliphatic carbocycles. The van der Waals surface area contributed by atoms with Crippen LogP contribution in [0.2, 0.25) is 10.0 Å². The van der Waals surface area contributed by atoms with Crippen molar-refractivity contribution in [3.63, 3.8) is 0 Å². The lowest BCUT2D eigenvalue weighted by Gasteiger charge is -2.39. The fraction of sp³-hybridized carbons (Fsp3) is 0.250. The third-order valence-corrected chi connectivity index (χ3v) is 5.63. The Labute approximate surface area is 185 Å². The molecule has 0 radical (unpaired) electrons. The van der Waals surface area contributed by atoms with Gasteiger partial charge in [0.25, 0.3) is 0 Å². The van der Waals surface area contributed by atoms with Crippen LogP contribution >= 0.6 is 35.6 Å². The van der Waals surface area contributed by atoms with Crippen LogP contribution in [0.3, 0.4) is 0 Å². The molecule has 0 aromatic heterocycles. The molecule has 0 unspecified atom stereocenters. The fourth-order valence-corrected chi connectivity index (χ4v) is 3.99. The number of nitrogens with one attached hydrogen (secondary N) is 1. The first-order chi connectivity index (χ1) is 13.6. The highest BCUT2D eigenvalue weighted by atomic mass is 35.5. The van der Waals surface area contributed by atoms with E-state index in [0.717, 1.165) is 23.3 Å². The highest BCUT2D eigenvalue weighted by Gasteiger charge is 2.45. The number of halogens is 7. The van der Waals surface area contributed by atoms with E-state index in [1.54, 1.807) is 12.1 Å². The summed E-state index contributed by atoms with van der Waals surface area (Å²) in [4.78, 5) is 12.6. The van der Waals surface area contributed by atoms with Crippen LogP contribution in [-0.4, -0.2) is 25.0 Å². The second-order valence-electron chi connectivity index (χ2n) is 6.93. The number of carbonyl (C=O) groups excluding carboxylic acids is 1. The molecule has 2 aromatic carbocycles. The molecular weight excluding hydrogens is 469 g/mol. The number of carbonyl (C=O) groups is 1. The molecule has 1 fully saturated rings. The summed E-state index contributed by atoms with van der Waals surface area (Å²) in [6.07, 6.45) is -4.40. The van der Waals surface area contributed by atoms with Crippen LogP contribution in [0.15, 0.2) is 36.4 Å². The maximum absolute atomic E-state index is 13.6. The summed E-state index contributed by atoms with van der Waals surface area (Å²) in [5.41, 5.74) is -0.366. The van der Waals surface area contributed by atoms with Crippen molar-refractivity contribution >= 4 is 47.0 Å². The van der Waals surface area contributed by atoms with Crippen LogP contribution in [0.25, 0.3) is 5.57 Å². The number of hydrogen-bond donors (Lipinski definition) is 1. The highest BCUT2D eigenvalue weighted by molar-refractivity contribution is 6.35. The van der Waals surface area contributed by atoms with E-state index in [9.17, 15) is 22.4 Å². The molecule has 3 nitrogen and oxygen atoms in total. The minimum Gasteiger partial charge on any atom is -0.363 e. The van der Waals surface area contributed by atoms with Gasteiger partial charge in [-0.2, -0.15) is 13.2 Å². The Morgan fingerprint density at radius 3 is 2.27 bits per heavy atom. The predicted molar refractivity (Wildman–Crippen MR) is 108 cm³/mol. The first kappa shape index (κ1) is 23.0. The van der Waals surface area contributed by atoms with E-state index < -0.39 is 44.6 Å². The lowest BCUT2D eigenvalue weighted by atomic mass is 9.86. The maximum Gasteiger partial charge on any atom is 0.417 e. The standard InChI is InChI=1S/C20H13Cl2F4NO2.ClH/c21-15-4-11(5-16(22)18(15)23)14(20(24,25)26)6-17(28)10-1-2-13-12(3-10)7-29-19(13)8-27-9-19;/h1-6,27H,7-9H2;1H/b14-6+;. The number of benzene rings is 2. The van der Waals surface area contributed by atoms with Crippen molar-refractivity contribution in [3.05, 3.63) is 74.5 Å². The van der Waals surface area contributed by atoms with Gasteiger partial charge in [-0.25, -0.2) is 4.39 Å². The van der Waals surface area contributed by atoms with Gasteiger partial charge in [-0.1, -0.05) is 35.3 Å². The number of ketones is 1. The van der Waals surface area contributed by atoms with Gasteiger partial charge in [-0.15, -0.1) is 12.4 Å². The van der Waals surface area contributed by atoms with E-state index in [-0.39, 0.29) is 24.6 Å². The Hall–Kier alpha value is -1.64. The summed E-state index contributed by atoms with van der Waals surface area (Å²) < 4.78 is 60.1. The number of hydrogen-bond acceptors (Lipinski definition) is 3. The smallest absolute Gasteiger partial charge is 0.363 e. The van der Waals surface area contributed by atoms with Gasteiger partial charge in [0.1, 0.15) is 5.60 Å². The van der Waals surface area contributed by atoms with Crippen molar-refractivity contribution in [1.29, 1.82) is 0 Å². The molecule has 160 valence electrons. The van der Waals surface area contributed by atoms with Gasteiger partial charge in [-0.3, -0.25) is 4.79 Å². The predicted octanol–water partition coefficient (Wildman–Crippen LogP) is 5.71. The minimum atomic E-state index is -4.87. The average molecular weight is 483 g/mol. The third-order valence-electron chi connectivity index (χ3n) is 5.08. The maximum atomic E-state index is 13.6. The van der Waals surface area contributed by atoms with Gasteiger partial charge in [0.15, 0.2) is 11.6 Å². The second-order valence-corrected chi connectivity index (χ2v) is 7.75. The molecule has 2 heterocycles. The third kappa shape index (κ3) is 3.97. The number of rotatable bonds is 3. The van der Waals surface area contributed by atoms with Crippen molar-refractivity contribution in [1.82, 2.24) is 5.32 Å². The van der Waals surface area contributed by atoms with E-state index in [0.29, 0.717) is 19.2 Å². The summed E-state index contributed by atoms with van der Waals surface area (Å²) in [5.74, 6) is -1.87. The van der Waals surface area contributed by atoms with Gasteiger partial charge in [-0.05, 0) is 41.0 Å². The van der Waals surface area contributed by atoms with Crippen LogP contribution in [0.4, 0.5) is 17.6 Å². The Morgan fingerprint density at radius 2 is 1.73 bits per heavy atom. The summed E-state index contributed by atoms with van der Waals surface area (Å²) in [5, 5.41) is 1.99. The highest BCUT2D eigenvalue weighted by Crippen LogP contribution is 2.40. The molecule has 0 saturated carbocycles. The zero-order valence-corrected chi connectivity index (χ0v) is 17.4. The van der Waals surface area contributed by atoms with Crippen LogP contribution in [0, 0.1) is 5.82 Å². The van der Waals surface area contributed by atoms with Crippen molar-refractivity contribution in [3.8, 4) is 0 Å². The molecular formula is C20H14Cl3F4NO2. The zero-order chi connectivity index (χ0) is 21.0. The van der Waals surface area contributed by atoms with Gasteiger partial charge in [0.05, 0.1) is 22.2 Å². The molecule has 1 N–H and O–H groups in total. The molecule has 10 heteroatoms. The Balaban J connectivity index is 0.00000256. The van der Waals surface area contributed by atoms with Gasteiger partial charge < -0.3 is 10.1 Å². The summed E-state index contributed by atoms with van der Waals surface area (Å²) >= 11 is 11.2. The largest absolute Gasteiger partial charge is 0.417 e. The number of fused-ring (bicyclic) bond motifs is 2. The van der Waals surface area contributed by atoms with Gasteiger partial charge in [0, 0.05) is 18.7 Å². The number of ether oxygens (including phenoxy) is 1. The molecule has 2 aromatic rings. The number of alkyl halides is 3. The lowest BCUT2D eigenvalue weighted by Crippen LogP contribution is -2.56. The average Bonchev–Trinajstić information content (AvgIpc) is 3.01. The van der Waals surface area contributed by atoms with Crippen LogP contribution in [-0.2, 0) is 16.9 Å². The second kappa shape index (κ2) is 8.13. The fourth-order valence-electron chi connectivity index (χ4n) is 3.50.